The Morgan fingerprint density at radius 3 is 2.43 bits per heavy atom. The van der Waals surface area contributed by atoms with Crippen LogP contribution < -0.4 is 5.32 Å². The average Bonchev–Trinajstić information content (AvgIpc) is 2.97. The molecule has 1 aliphatic rings. The van der Waals surface area contributed by atoms with E-state index in [9.17, 15) is 18.0 Å². The largest absolute Gasteiger partial charge is 0.451 e. The van der Waals surface area contributed by atoms with Gasteiger partial charge in [0.15, 0.2) is 0 Å². The predicted molar refractivity (Wildman–Crippen MR) is 93.3 cm³/mol. The quantitative estimate of drug-likeness (QED) is 0.835. The summed E-state index contributed by atoms with van der Waals surface area (Å²) in [6.07, 6.45) is -1.02. The van der Waals surface area contributed by atoms with Crippen molar-refractivity contribution in [3.8, 4) is 0 Å². The van der Waals surface area contributed by atoms with Gasteiger partial charge >= 0.3 is 6.18 Å². The van der Waals surface area contributed by atoms with Gasteiger partial charge in [-0.05, 0) is 45.7 Å². The first-order valence-corrected chi connectivity index (χ1v) is 9.05. The van der Waals surface area contributed by atoms with Crippen LogP contribution in [-0.4, -0.2) is 45.4 Å². The van der Waals surface area contributed by atoms with Gasteiger partial charge in [0.1, 0.15) is 5.76 Å². The SMILES string of the molecule is Cc1nc(CN2CCC(CNC(=O)c3cnc(C(F)(F)F)nc3)CC2)oc1C. The monoisotopic (exact) mass is 397 g/mol. The van der Waals surface area contributed by atoms with Crippen LogP contribution in [0.15, 0.2) is 16.8 Å². The van der Waals surface area contributed by atoms with E-state index in [1.54, 1.807) is 0 Å². The Morgan fingerprint density at radius 2 is 1.89 bits per heavy atom. The van der Waals surface area contributed by atoms with E-state index in [2.05, 4.69) is 25.2 Å². The van der Waals surface area contributed by atoms with Gasteiger partial charge in [0, 0.05) is 18.9 Å². The number of oxazole rings is 1. The van der Waals surface area contributed by atoms with Gasteiger partial charge in [-0.3, -0.25) is 9.69 Å². The summed E-state index contributed by atoms with van der Waals surface area (Å²) in [5, 5.41) is 2.75. The molecule has 3 rings (SSSR count). The molecule has 10 heteroatoms. The fraction of sp³-hybridized carbons (Fsp3) is 0.556. The van der Waals surface area contributed by atoms with Gasteiger partial charge in [-0.25, -0.2) is 15.0 Å². The highest BCUT2D eigenvalue weighted by molar-refractivity contribution is 5.93. The van der Waals surface area contributed by atoms with Crippen LogP contribution in [0.3, 0.4) is 0 Å². The second-order valence-electron chi connectivity index (χ2n) is 6.97. The summed E-state index contributed by atoms with van der Waals surface area (Å²) in [6.45, 7) is 6.66. The number of hydrogen-bond donors (Lipinski definition) is 1. The Balaban J connectivity index is 1.43. The number of hydrogen-bond acceptors (Lipinski definition) is 6. The lowest BCUT2D eigenvalue weighted by Crippen LogP contribution is -2.38. The Labute approximate surface area is 160 Å². The molecule has 1 fully saturated rings. The summed E-state index contributed by atoms with van der Waals surface area (Å²) in [4.78, 5) is 25.1. The average molecular weight is 397 g/mol. The molecule has 1 saturated heterocycles. The van der Waals surface area contributed by atoms with Crippen molar-refractivity contribution in [2.75, 3.05) is 19.6 Å². The van der Waals surface area contributed by atoms with Crippen LogP contribution in [0, 0.1) is 19.8 Å². The molecule has 0 aromatic carbocycles. The van der Waals surface area contributed by atoms with Gasteiger partial charge in [0.25, 0.3) is 5.91 Å². The van der Waals surface area contributed by atoms with Crippen molar-refractivity contribution in [2.24, 2.45) is 5.92 Å². The van der Waals surface area contributed by atoms with Crippen LogP contribution in [0.25, 0.3) is 0 Å². The highest BCUT2D eigenvalue weighted by Crippen LogP contribution is 2.25. The number of carbonyl (C=O) groups is 1. The van der Waals surface area contributed by atoms with Gasteiger partial charge in [-0.2, -0.15) is 13.2 Å². The van der Waals surface area contributed by atoms with Crippen LogP contribution in [0.2, 0.25) is 0 Å². The predicted octanol–water partition coefficient (Wildman–Crippen LogP) is 2.74. The lowest BCUT2D eigenvalue weighted by molar-refractivity contribution is -0.145. The second-order valence-corrected chi connectivity index (χ2v) is 6.97. The minimum absolute atomic E-state index is 0.0140. The van der Waals surface area contributed by atoms with Gasteiger partial charge in [-0.1, -0.05) is 0 Å². The van der Waals surface area contributed by atoms with Crippen LogP contribution >= 0.6 is 0 Å². The fourth-order valence-corrected chi connectivity index (χ4v) is 3.08. The Morgan fingerprint density at radius 1 is 1.25 bits per heavy atom. The van der Waals surface area contributed by atoms with E-state index >= 15 is 0 Å². The van der Waals surface area contributed by atoms with Crippen molar-refractivity contribution >= 4 is 5.91 Å². The number of carbonyl (C=O) groups excluding carboxylic acids is 1. The van der Waals surface area contributed by atoms with Crippen molar-refractivity contribution in [1.29, 1.82) is 0 Å². The first kappa shape index (κ1) is 20.2. The van der Waals surface area contributed by atoms with Crippen molar-refractivity contribution in [3.05, 3.63) is 41.1 Å². The maximum absolute atomic E-state index is 12.5. The van der Waals surface area contributed by atoms with Crippen LogP contribution in [0.5, 0.6) is 0 Å². The van der Waals surface area contributed by atoms with Gasteiger partial charge in [0.05, 0.1) is 17.8 Å². The molecule has 0 spiro atoms. The third kappa shape index (κ3) is 5.06. The molecule has 0 aliphatic carbocycles. The third-order valence-corrected chi connectivity index (χ3v) is 4.86. The Bertz CT molecular complexity index is 792. The van der Waals surface area contributed by atoms with Crippen molar-refractivity contribution in [1.82, 2.24) is 25.2 Å². The number of likely N-dealkylation sites (tertiary alicyclic amines) is 1. The van der Waals surface area contributed by atoms with Crippen molar-refractivity contribution in [3.63, 3.8) is 0 Å². The maximum Gasteiger partial charge on any atom is 0.451 e. The van der Waals surface area contributed by atoms with E-state index in [1.807, 2.05) is 13.8 Å². The normalized spacial score (nSPS) is 16.3. The minimum atomic E-state index is -4.62. The van der Waals surface area contributed by atoms with E-state index in [0.717, 1.165) is 49.8 Å². The topological polar surface area (TPSA) is 84.2 Å². The maximum atomic E-state index is 12.5. The smallest absolute Gasteiger partial charge is 0.444 e. The summed E-state index contributed by atoms with van der Waals surface area (Å²) in [5.41, 5.74) is 0.917. The van der Waals surface area contributed by atoms with E-state index in [-0.39, 0.29) is 5.56 Å². The summed E-state index contributed by atoms with van der Waals surface area (Å²) < 4.78 is 43.0. The van der Waals surface area contributed by atoms with Gasteiger partial charge in [0.2, 0.25) is 11.7 Å². The number of aromatic nitrogens is 3. The molecule has 0 unspecified atom stereocenters. The van der Waals surface area contributed by atoms with Gasteiger partial charge in [-0.15, -0.1) is 0 Å². The van der Waals surface area contributed by atoms with Crippen molar-refractivity contribution in [2.45, 2.75) is 39.4 Å². The molecule has 1 amide bonds. The molecule has 2 aromatic heterocycles. The standard InChI is InChI=1S/C18H22F3N5O2/c1-11-12(2)28-15(25-11)10-26-5-3-13(4-6-26)7-22-16(27)14-8-23-17(24-9-14)18(19,20)21/h8-9,13H,3-7,10H2,1-2H3,(H,22,27). The molecule has 2 aromatic rings. The number of piperidine rings is 1. The number of alkyl halides is 3. The summed E-state index contributed by atoms with van der Waals surface area (Å²) in [5.74, 6) is 0.127. The van der Waals surface area contributed by atoms with Crippen LogP contribution in [0.1, 0.15) is 46.4 Å². The molecular formula is C18H22F3N5O2. The molecule has 0 radical (unpaired) electrons. The first-order chi connectivity index (χ1) is 13.2. The Hall–Kier alpha value is -2.49. The fourth-order valence-electron chi connectivity index (χ4n) is 3.08. The van der Waals surface area contributed by atoms with Crippen LogP contribution in [-0.2, 0) is 12.7 Å². The number of aryl methyl sites for hydroxylation is 2. The zero-order valence-corrected chi connectivity index (χ0v) is 15.7. The zero-order chi connectivity index (χ0) is 20.3. The molecule has 0 bridgehead atoms. The molecule has 28 heavy (non-hydrogen) atoms. The zero-order valence-electron chi connectivity index (χ0n) is 15.7. The minimum Gasteiger partial charge on any atom is -0.444 e. The van der Waals surface area contributed by atoms with Gasteiger partial charge < -0.3 is 9.73 Å². The molecule has 1 aliphatic heterocycles. The molecule has 7 nitrogen and oxygen atoms in total. The van der Waals surface area contributed by atoms with Crippen molar-refractivity contribution < 1.29 is 22.4 Å². The molecule has 3 heterocycles. The molecule has 0 saturated carbocycles. The summed E-state index contributed by atoms with van der Waals surface area (Å²) >= 11 is 0. The lowest BCUT2D eigenvalue weighted by Gasteiger charge is -2.31. The first-order valence-electron chi connectivity index (χ1n) is 9.05. The van der Waals surface area contributed by atoms with E-state index < -0.39 is 17.9 Å². The van der Waals surface area contributed by atoms with E-state index in [4.69, 9.17) is 4.42 Å². The number of nitrogens with zero attached hydrogens (tertiary/aromatic N) is 4. The highest BCUT2D eigenvalue weighted by Gasteiger charge is 2.34. The highest BCUT2D eigenvalue weighted by atomic mass is 19.4. The molecule has 0 atom stereocenters. The lowest BCUT2D eigenvalue weighted by atomic mass is 9.96. The Kier molecular flexibility index (Phi) is 5.97. The second kappa shape index (κ2) is 8.26. The third-order valence-electron chi connectivity index (χ3n) is 4.86. The van der Waals surface area contributed by atoms with E-state index in [1.165, 1.54) is 0 Å². The summed E-state index contributed by atoms with van der Waals surface area (Å²) in [7, 11) is 0. The molecule has 152 valence electrons. The van der Waals surface area contributed by atoms with E-state index in [0.29, 0.717) is 24.9 Å². The van der Waals surface area contributed by atoms with Crippen LogP contribution in [0.4, 0.5) is 13.2 Å². The number of nitrogens with one attached hydrogen (secondary N) is 1. The summed E-state index contributed by atoms with van der Waals surface area (Å²) in [6, 6.07) is 0. The number of amides is 1. The number of halogens is 3. The molecular weight excluding hydrogens is 375 g/mol. The number of rotatable bonds is 5. The molecule has 1 N–H and O–H groups in total.